The number of hydrogen-bond acceptors (Lipinski definition) is 6. The zero-order chi connectivity index (χ0) is 27.0. The topological polar surface area (TPSA) is 102 Å². The van der Waals surface area contributed by atoms with Crippen molar-refractivity contribution < 1.29 is 19.1 Å². The third kappa shape index (κ3) is 5.00. The SMILES string of the molecule is CNC(=O)C[C@H](CC(C)C)N1CCCc2c(-c3ccccc3F)nc(N3CCC4(CN(C(=O)O)C4)C3)nc21. The third-order valence-corrected chi connectivity index (χ3v) is 8.13. The van der Waals surface area contributed by atoms with Crippen molar-refractivity contribution in [3.8, 4) is 11.3 Å². The lowest BCUT2D eigenvalue weighted by molar-refractivity contribution is -0.121. The second-order valence-corrected chi connectivity index (χ2v) is 11.4. The van der Waals surface area contributed by atoms with E-state index in [1.54, 1.807) is 19.2 Å². The Balaban J connectivity index is 1.56. The molecule has 204 valence electrons. The summed E-state index contributed by atoms with van der Waals surface area (Å²) in [7, 11) is 1.66. The molecule has 4 heterocycles. The minimum absolute atomic E-state index is 0.0131. The first-order valence-electron chi connectivity index (χ1n) is 13.6. The number of amides is 2. The molecule has 0 radical (unpaired) electrons. The molecule has 2 fully saturated rings. The normalized spacial score (nSPS) is 18.9. The standard InChI is InChI=1S/C28H37FN6O3/c1-18(2)13-19(14-23(36)30-3)35-11-6-8-21-24(20-7-4-5-9-22(20)29)31-26(32-25(21)35)33-12-10-28(15-33)16-34(17-28)27(37)38/h4-5,7,9,18-19H,6,8,10-17H2,1-3H3,(H,30,36)(H,37,38)/t19-/m0/s1. The van der Waals surface area contributed by atoms with E-state index in [0.717, 1.165) is 50.2 Å². The fraction of sp³-hybridized carbons (Fsp3) is 0.571. The van der Waals surface area contributed by atoms with Crippen LogP contribution in [-0.2, 0) is 11.2 Å². The lowest BCUT2D eigenvalue weighted by atomic mass is 9.79. The maximum Gasteiger partial charge on any atom is 0.407 e. The Bertz CT molecular complexity index is 1220. The third-order valence-electron chi connectivity index (χ3n) is 8.13. The number of nitrogens with one attached hydrogen (secondary N) is 1. The van der Waals surface area contributed by atoms with Crippen LogP contribution in [0.15, 0.2) is 24.3 Å². The van der Waals surface area contributed by atoms with Crippen LogP contribution in [0.1, 0.15) is 45.1 Å². The summed E-state index contributed by atoms with van der Waals surface area (Å²) in [5.74, 6) is 1.38. The molecule has 3 aliphatic heterocycles. The molecule has 10 heteroatoms. The van der Waals surface area contributed by atoms with E-state index in [1.807, 2.05) is 6.07 Å². The largest absolute Gasteiger partial charge is 0.465 e. The molecule has 38 heavy (non-hydrogen) atoms. The Kier molecular flexibility index (Phi) is 7.15. The average molecular weight is 525 g/mol. The van der Waals surface area contributed by atoms with Crippen molar-refractivity contribution in [3.05, 3.63) is 35.6 Å². The fourth-order valence-corrected chi connectivity index (χ4v) is 6.28. The predicted octanol–water partition coefficient (Wildman–Crippen LogP) is 3.78. The van der Waals surface area contributed by atoms with Crippen LogP contribution in [0.4, 0.5) is 21.0 Å². The van der Waals surface area contributed by atoms with E-state index in [0.29, 0.717) is 49.2 Å². The van der Waals surface area contributed by atoms with Gasteiger partial charge in [-0.2, -0.15) is 4.98 Å². The number of rotatable bonds is 7. The highest BCUT2D eigenvalue weighted by atomic mass is 19.1. The van der Waals surface area contributed by atoms with Gasteiger partial charge in [0.2, 0.25) is 11.9 Å². The van der Waals surface area contributed by atoms with Crippen molar-refractivity contribution in [2.75, 3.05) is 49.6 Å². The molecule has 0 aliphatic carbocycles. The zero-order valence-corrected chi connectivity index (χ0v) is 22.4. The summed E-state index contributed by atoms with van der Waals surface area (Å²) in [4.78, 5) is 39.7. The predicted molar refractivity (Wildman–Crippen MR) is 144 cm³/mol. The van der Waals surface area contributed by atoms with Gasteiger partial charge in [-0.05, 0) is 43.7 Å². The Hall–Kier alpha value is -3.43. The Morgan fingerprint density at radius 3 is 2.61 bits per heavy atom. The zero-order valence-electron chi connectivity index (χ0n) is 22.4. The van der Waals surface area contributed by atoms with Gasteiger partial charge in [-0.15, -0.1) is 0 Å². The second-order valence-electron chi connectivity index (χ2n) is 11.4. The molecular formula is C28H37FN6O3. The molecule has 9 nitrogen and oxygen atoms in total. The van der Waals surface area contributed by atoms with Crippen molar-refractivity contribution in [3.63, 3.8) is 0 Å². The van der Waals surface area contributed by atoms with E-state index in [1.165, 1.54) is 11.0 Å². The molecular weight excluding hydrogens is 487 g/mol. The maximum absolute atomic E-state index is 15.1. The first-order chi connectivity index (χ1) is 18.2. The molecule has 0 bridgehead atoms. The van der Waals surface area contributed by atoms with Gasteiger partial charge in [0, 0.05) is 68.8 Å². The summed E-state index contributed by atoms with van der Waals surface area (Å²) in [6.07, 6.45) is 2.78. The fourth-order valence-electron chi connectivity index (χ4n) is 6.28. The molecule has 2 saturated heterocycles. The van der Waals surface area contributed by atoms with Crippen molar-refractivity contribution in [1.29, 1.82) is 0 Å². The highest BCUT2D eigenvalue weighted by molar-refractivity contribution is 5.78. The summed E-state index contributed by atoms with van der Waals surface area (Å²) in [6.45, 7) is 7.49. The molecule has 2 aromatic rings. The Morgan fingerprint density at radius 2 is 1.92 bits per heavy atom. The van der Waals surface area contributed by atoms with Crippen molar-refractivity contribution in [2.45, 2.75) is 52.0 Å². The number of carboxylic acid groups (broad SMARTS) is 1. The monoisotopic (exact) mass is 524 g/mol. The van der Waals surface area contributed by atoms with E-state index < -0.39 is 6.09 Å². The molecule has 3 aliphatic rings. The Morgan fingerprint density at radius 1 is 1.16 bits per heavy atom. The van der Waals surface area contributed by atoms with Crippen molar-refractivity contribution >= 4 is 23.8 Å². The van der Waals surface area contributed by atoms with Crippen LogP contribution < -0.4 is 15.1 Å². The van der Waals surface area contributed by atoms with Gasteiger partial charge < -0.3 is 25.1 Å². The molecule has 5 rings (SSSR count). The van der Waals surface area contributed by atoms with E-state index in [2.05, 4.69) is 29.0 Å². The molecule has 2 N–H and O–H groups in total. The molecule has 0 unspecified atom stereocenters. The summed E-state index contributed by atoms with van der Waals surface area (Å²) >= 11 is 0. The Labute approximate surface area is 223 Å². The number of carbonyl (C=O) groups excluding carboxylic acids is 1. The van der Waals surface area contributed by atoms with Gasteiger partial charge in [-0.3, -0.25) is 4.79 Å². The van der Waals surface area contributed by atoms with E-state index in [9.17, 15) is 14.7 Å². The second kappa shape index (κ2) is 10.4. The first kappa shape index (κ1) is 26.2. The number of aromatic nitrogens is 2. The van der Waals surface area contributed by atoms with E-state index in [4.69, 9.17) is 9.97 Å². The van der Waals surface area contributed by atoms with Gasteiger partial charge in [-0.1, -0.05) is 26.0 Å². The number of carbonyl (C=O) groups is 2. The quantitative estimate of drug-likeness (QED) is 0.568. The number of fused-ring (bicyclic) bond motifs is 1. The smallest absolute Gasteiger partial charge is 0.407 e. The van der Waals surface area contributed by atoms with Gasteiger partial charge in [0.25, 0.3) is 0 Å². The number of hydrogen-bond donors (Lipinski definition) is 2. The summed E-state index contributed by atoms with van der Waals surface area (Å²) < 4.78 is 15.1. The van der Waals surface area contributed by atoms with Crippen LogP contribution in [0.5, 0.6) is 0 Å². The van der Waals surface area contributed by atoms with Gasteiger partial charge in [0.15, 0.2) is 0 Å². The molecule has 1 spiro atoms. The van der Waals surface area contributed by atoms with E-state index >= 15 is 4.39 Å². The highest BCUT2D eigenvalue weighted by Crippen LogP contribution is 2.43. The van der Waals surface area contributed by atoms with Gasteiger partial charge in [0.1, 0.15) is 11.6 Å². The minimum atomic E-state index is -0.885. The molecule has 1 atom stereocenters. The highest BCUT2D eigenvalue weighted by Gasteiger charge is 2.50. The molecule has 1 aromatic heterocycles. The maximum atomic E-state index is 15.1. The van der Waals surface area contributed by atoms with Gasteiger partial charge in [-0.25, -0.2) is 14.2 Å². The molecule has 0 saturated carbocycles. The number of nitrogens with zero attached hydrogens (tertiary/aromatic N) is 5. The number of likely N-dealkylation sites (tertiary alicyclic amines) is 1. The average Bonchev–Trinajstić information content (AvgIpc) is 3.32. The van der Waals surface area contributed by atoms with Crippen LogP contribution in [-0.4, -0.2) is 77.8 Å². The number of anilines is 2. The number of benzene rings is 1. The van der Waals surface area contributed by atoms with Crippen molar-refractivity contribution in [1.82, 2.24) is 20.2 Å². The number of halogens is 1. The summed E-state index contributed by atoms with van der Waals surface area (Å²) in [5, 5.41) is 12.1. The van der Waals surface area contributed by atoms with E-state index in [-0.39, 0.29) is 23.2 Å². The van der Waals surface area contributed by atoms with Crippen LogP contribution in [0.2, 0.25) is 0 Å². The minimum Gasteiger partial charge on any atom is -0.465 e. The van der Waals surface area contributed by atoms with Crippen LogP contribution in [0.3, 0.4) is 0 Å². The van der Waals surface area contributed by atoms with Gasteiger partial charge >= 0.3 is 6.09 Å². The lowest BCUT2D eigenvalue weighted by Gasteiger charge is -2.46. The van der Waals surface area contributed by atoms with Crippen LogP contribution >= 0.6 is 0 Å². The molecule has 2 amide bonds. The molecule has 1 aromatic carbocycles. The summed E-state index contributed by atoms with van der Waals surface area (Å²) in [5.41, 5.74) is 1.90. The lowest BCUT2D eigenvalue weighted by Crippen LogP contribution is -2.59. The first-order valence-corrected chi connectivity index (χ1v) is 13.6. The summed E-state index contributed by atoms with van der Waals surface area (Å²) in [6, 6.07) is 6.68. The van der Waals surface area contributed by atoms with Crippen LogP contribution in [0.25, 0.3) is 11.3 Å². The van der Waals surface area contributed by atoms with Crippen LogP contribution in [0, 0.1) is 17.2 Å². The van der Waals surface area contributed by atoms with Gasteiger partial charge in [0.05, 0.1) is 5.69 Å². The van der Waals surface area contributed by atoms with Crippen molar-refractivity contribution in [2.24, 2.45) is 11.3 Å².